The van der Waals surface area contributed by atoms with Crippen LogP contribution in [0, 0.1) is 0 Å². The summed E-state index contributed by atoms with van der Waals surface area (Å²) in [7, 11) is 0. The number of carbonyl (C=O) groups excluding carboxylic acids is 1. The zero-order chi connectivity index (χ0) is 13.9. The van der Waals surface area contributed by atoms with Crippen LogP contribution >= 0.6 is 0 Å². The van der Waals surface area contributed by atoms with E-state index in [0.29, 0.717) is 5.56 Å². The van der Waals surface area contributed by atoms with Crippen molar-refractivity contribution in [1.82, 2.24) is 14.8 Å². The number of carbonyl (C=O) groups is 1. The number of nitrogens with zero attached hydrogens (tertiary/aromatic N) is 2. The number of pyridine rings is 1. The third-order valence-corrected chi connectivity index (χ3v) is 4.46. The molecule has 20 heavy (non-hydrogen) atoms. The predicted octanol–water partition coefficient (Wildman–Crippen LogP) is 1.08. The van der Waals surface area contributed by atoms with Gasteiger partial charge in [-0.1, -0.05) is 12.8 Å². The van der Waals surface area contributed by atoms with E-state index in [9.17, 15) is 9.59 Å². The van der Waals surface area contributed by atoms with Crippen LogP contribution in [-0.2, 0) is 0 Å². The highest BCUT2D eigenvalue weighted by molar-refractivity contribution is 5.94. The minimum absolute atomic E-state index is 0.0258. The van der Waals surface area contributed by atoms with Crippen LogP contribution in [0.15, 0.2) is 23.1 Å². The first kappa shape index (κ1) is 13.4. The second kappa shape index (κ2) is 5.79. The number of aromatic amines is 1. The number of amides is 1. The monoisotopic (exact) mass is 275 g/mol. The van der Waals surface area contributed by atoms with Gasteiger partial charge in [-0.2, -0.15) is 0 Å². The molecule has 1 aromatic rings. The maximum absolute atomic E-state index is 12.3. The van der Waals surface area contributed by atoms with Crippen LogP contribution in [0.2, 0.25) is 0 Å². The van der Waals surface area contributed by atoms with Gasteiger partial charge >= 0.3 is 0 Å². The molecule has 108 valence electrons. The second-order valence-electron chi connectivity index (χ2n) is 5.71. The summed E-state index contributed by atoms with van der Waals surface area (Å²) >= 11 is 0. The standard InChI is InChI=1S/C15H21N3O2/c19-14-11-12(5-6-16-14)15(20)18-9-7-17(8-10-18)13-3-1-2-4-13/h5-6,11,13H,1-4,7-10H2,(H,16,19). The average molecular weight is 275 g/mol. The third-order valence-electron chi connectivity index (χ3n) is 4.46. The average Bonchev–Trinajstić information content (AvgIpc) is 3.01. The summed E-state index contributed by atoms with van der Waals surface area (Å²) < 4.78 is 0. The first-order valence-corrected chi connectivity index (χ1v) is 7.46. The molecule has 0 aromatic carbocycles. The number of hydrogen-bond donors (Lipinski definition) is 1. The van der Waals surface area contributed by atoms with Gasteiger partial charge in [0, 0.05) is 50.0 Å². The Bertz CT molecular complexity index is 526. The number of aromatic nitrogens is 1. The van der Waals surface area contributed by atoms with Crippen molar-refractivity contribution in [3.8, 4) is 0 Å². The van der Waals surface area contributed by atoms with Crippen LogP contribution in [0.3, 0.4) is 0 Å². The molecule has 1 saturated carbocycles. The van der Waals surface area contributed by atoms with E-state index in [4.69, 9.17) is 0 Å². The molecule has 0 bridgehead atoms. The van der Waals surface area contributed by atoms with Crippen LogP contribution in [0.5, 0.6) is 0 Å². The van der Waals surface area contributed by atoms with Crippen molar-refractivity contribution in [2.45, 2.75) is 31.7 Å². The Hall–Kier alpha value is -1.62. The van der Waals surface area contributed by atoms with Crippen LogP contribution in [-0.4, -0.2) is 52.9 Å². The first-order valence-electron chi connectivity index (χ1n) is 7.46. The molecule has 1 saturated heterocycles. The van der Waals surface area contributed by atoms with Crippen molar-refractivity contribution in [2.24, 2.45) is 0 Å². The molecule has 1 amide bonds. The lowest BCUT2D eigenvalue weighted by molar-refractivity contribution is 0.0573. The van der Waals surface area contributed by atoms with E-state index in [0.717, 1.165) is 32.2 Å². The molecule has 1 aliphatic heterocycles. The number of rotatable bonds is 2. The minimum Gasteiger partial charge on any atom is -0.336 e. The SMILES string of the molecule is O=C(c1cc[nH]c(=O)c1)N1CCN(C2CCCC2)CC1. The maximum Gasteiger partial charge on any atom is 0.254 e. The van der Waals surface area contributed by atoms with Crippen molar-refractivity contribution in [3.05, 3.63) is 34.2 Å². The topological polar surface area (TPSA) is 56.4 Å². The van der Waals surface area contributed by atoms with Gasteiger partial charge in [0.05, 0.1) is 0 Å². The van der Waals surface area contributed by atoms with Gasteiger partial charge in [0.15, 0.2) is 0 Å². The zero-order valence-corrected chi connectivity index (χ0v) is 11.7. The number of H-pyrrole nitrogens is 1. The molecule has 3 rings (SSSR count). The lowest BCUT2D eigenvalue weighted by Crippen LogP contribution is -2.51. The fourth-order valence-electron chi connectivity index (χ4n) is 3.32. The Kier molecular flexibility index (Phi) is 3.87. The fraction of sp³-hybridized carbons (Fsp3) is 0.600. The van der Waals surface area contributed by atoms with Gasteiger partial charge in [0.2, 0.25) is 5.56 Å². The van der Waals surface area contributed by atoms with Crippen molar-refractivity contribution >= 4 is 5.91 Å². The molecule has 0 spiro atoms. The molecule has 0 radical (unpaired) electrons. The van der Waals surface area contributed by atoms with Gasteiger partial charge in [0.1, 0.15) is 0 Å². The molecule has 5 nitrogen and oxygen atoms in total. The summed E-state index contributed by atoms with van der Waals surface area (Å²) in [6.07, 6.45) is 6.83. The Morgan fingerprint density at radius 1 is 1.15 bits per heavy atom. The molecule has 1 N–H and O–H groups in total. The summed E-state index contributed by atoms with van der Waals surface area (Å²) in [5, 5.41) is 0. The van der Waals surface area contributed by atoms with Gasteiger partial charge in [-0.25, -0.2) is 0 Å². The number of piperazine rings is 1. The smallest absolute Gasteiger partial charge is 0.254 e. The molecule has 2 aliphatic rings. The maximum atomic E-state index is 12.3. The largest absolute Gasteiger partial charge is 0.336 e. The molecule has 0 atom stereocenters. The Balaban J connectivity index is 1.60. The van der Waals surface area contributed by atoms with E-state index in [1.807, 2.05) is 4.90 Å². The quantitative estimate of drug-likeness (QED) is 0.878. The minimum atomic E-state index is -0.222. The van der Waals surface area contributed by atoms with E-state index in [1.165, 1.54) is 37.9 Å². The van der Waals surface area contributed by atoms with Crippen molar-refractivity contribution < 1.29 is 4.79 Å². The molecule has 1 aromatic heterocycles. The van der Waals surface area contributed by atoms with Crippen molar-refractivity contribution in [1.29, 1.82) is 0 Å². The van der Waals surface area contributed by atoms with Crippen LogP contribution in [0.4, 0.5) is 0 Å². The summed E-state index contributed by atoms with van der Waals surface area (Å²) in [6.45, 7) is 3.45. The lowest BCUT2D eigenvalue weighted by atomic mass is 10.1. The van der Waals surface area contributed by atoms with Gasteiger partial charge in [-0.15, -0.1) is 0 Å². The molecular formula is C15H21N3O2. The van der Waals surface area contributed by atoms with Gasteiger partial charge in [-0.3, -0.25) is 14.5 Å². The zero-order valence-electron chi connectivity index (χ0n) is 11.7. The Morgan fingerprint density at radius 3 is 2.50 bits per heavy atom. The van der Waals surface area contributed by atoms with Crippen LogP contribution in [0.25, 0.3) is 0 Å². The summed E-state index contributed by atoms with van der Waals surface area (Å²) in [5.41, 5.74) is 0.267. The fourth-order valence-corrected chi connectivity index (χ4v) is 3.32. The van der Waals surface area contributed by atoms with E-state index >= 15 is 0 Å². The molecule has 0 unspecified atom stereocenters. The normalized spacial score (nSPS) is 21.3. The number of hydrogen-bond acceptors (Lipinski definition) is 3. The number of nitrogens with one attached hydrogen (secondary N) is 1. The highest BCUT2D eigenvalue weighted by Gasteiger charge is 2.28. The highest BCUT2D eigenvalue weighted by Crippen LogP contribution is 2.24. The van der Waals surface area contributed by atoms with E-state index in [2.05, 4.69) is 9.88 Å². The summed E-state index contributed by atoms with van der Waals surface area (Å²) in [4.78, 5) is 30.5. The molecule has 2 heterocycles. The van der Waals surface area contributed by atoms with E-state index in [-0.39, 0.29) is 11.5 Å². The van der Waals surface area contributed by atoms with E-state index in [1.54, 1.807) is 6.07 Å². The van der Waals surface area contributed by atoms with E-state index < -0.39 is 0 Å². The second-order valence-corrected chi connectivity index (χ2v) is 5.71. The molecule has 1 aliphatic carbocycles. The first-order chi connectivity index (χ1) is 9.74. The highest BCUT2D eigenvalue weighted by atomic mass is 16.2. The Morgan fingerprint density at radius 2 is 1.85 bits per heavy atom. The van der Waals surface area contributed by atoms with Gasteiger partial charge < -0.3 is 9.88 Å². The van der Waals surface area contributed by atoms with Crippen molar-refractivity contribution in [2.75, 3.05) is 26.2 Å². The molecular weight excluding hydrogens is 254 g/mol. The summed E-state index contributed by atoms with van der Waals surface area (Å²) in [6, 6.07) is 3.78. The van der Waals surface area contributed by atoms with Gasteiger partial charge in [-0.05, 0) is 18.9 Å². The van der Waals surface area contributed by atoms with Crippen LogP contribution < -0.4 is 5.56 Å². The molecule has 5 heteroatoms. The lowest BCUT2D eigenvalue weighted by Gasteiger charge is -2.38. The Labute approximate surface area is 118 Å². The van der Waals surface area contributed by atoms with Crippen LogP contribution in [0.1, 0.15) is 36.0 Å². The summed E-state index contributed by atoms with van der Waals surface area (Å²) in [5.74, 6) is -0.0258. The van der Waals surface area contributed by atoms with Crippen molar-refractivity contribution in [3.63, 3.8) is 0 Å². The third kappa shape index (κ3) is 2.77. The molecule has 2 fully saturated rings. The van der Waals surface area contributed by atoms with Gasteiger partial charge in [0.25, 0.3) is 5.91 Å². The predicted molar refractivity (Wildman–Crippen MR) is 76.8 cm³/mol.